The van der Waals surface area contributed by atoms with E-state index in [1.54, 1.807) is 11.8 Å². The first-order valence-corrected chi connectivity index (χ1v) is 8.19. The van der Waals surface area contributed by atoms with Gasteiger partial charge in [-0.15, -0.1) is 11.8 Å². The summed E-state index contributed by atoms with van der Waals surface area (Å²) in [5.41, 5.74) is 1.96. The minimum absolute atomic E-state index is 0.141. The largest absolute Gasteiger partial charge is 0.490 e. The molecule has 0 bridgehead atoms. The van der Waals surface area contributed by atoms with Gasteiger partial charge in [0.1, 0.15) is 5.75 Å². The van der Waals surface area contributed by atoms with E-state index in [0.717, 1.165) is 29.1 Å². The molecule has 0 saturated heterocycles. The summed E-state index contributed by atoms with van der Waals surface area (Å²) >= 11 is 1.57. The van der Waals surface area contributed by atoms with Gasteiger partial charge in [-0.2, -0.15) is 0 Å². The van der Waals surface area contributed by atoms with Crippen molar-refractivity contribution in [2.45, 2.75) is 30.8 Å². The van der Waals surface area contributed by atoms with Crippen molar-refractivity contribution in [3.63, 3.8) is 0 Å². The van der Waals surface area contributed by atoms with Crippen molar-refractivity contribution in [2.75, 3.05) is 5.75 Å². The van der Waals surface area contributed by atoms with Crippen LogP contribution in [0.2, 0.25) is 0 Å². The van der Waals surface area contributed by atoms with Crippen molar-refractivity contribution in [3.8, 4) is 5.75 Å². The zero-order chi connectivity index (χ0) is 14.7. The van der Waals surface area contributed by atoms with Crippen LogP contribution in [0, 0.1) is 6.92 Å². The molecule has 1 aliphatic rings. The Morgan fingerprint density at radius 3 is 2.67 bits per heavy atom. The Bertz CT molecular complexity index is 630. The highest BCUT2D eigenvalue weighted by Gasteiger charge is 2.23. The quantitative estimate of drug-likeness (QED) is 0.580. The summed E-state index contributed by atoms with van der Waals surface area (Å²) < 4.78 is 5.73. The predicted molar refractivity (Wildman–Crippen MR) is 86.3 cm³/mol. The molecule has 108 valence electrons. The monoisotopic (exact) mass is 298 g/mol. The number of thioether (sulfide) groups is 1. The van der Waals surface area contributed by atoms with Gasteiger partial charge in [-0.1, -0.05) is 29.8 Å². The van der Waals surface area contributed by atoms with Crippen LogP contribution in [-0.4, -0.2) is 17.6 Å². The molecule has 2 aromatic rings. The fraction of sp³-hybridized carbons (Fsp3) is 0.278. The number of carbonyl (C=O) groups excluding carboxylic acids is 1. The Morgan fingerprint density at radius 2 is 1.95 bits per heavy atom. The van der Waals surface area contributed by atoms with Crippen LogP contribution in [0.4, 0.5) is 0 Å². The Kier molecular flexibility index (Phi) is 4.30. The molecule has 1 aliphatic carbocycles. The molecule has 1 fully saturated rings. The highest BCUT2D eigenvalue weighted by Crippen LogP contribution is 2.27. The van der Waals surface area contributed by atoms with Gasteiger partial charge < -0.3 is 4.74 Å². The van der Waals surface area contributed by atoms with Gasteiger partial charge in [-0.05, 0) is 44.0 Å². The Morgan fingerprint density at radius 1 is 1.19 bits per heavy atom. The first kappa shape index (κ1) is 14.2. The first-order valence-electron chi connectivity index (χ1n) is 7.20. The number of Topliss-reactive ketones (excluding diaryl/α,β-unsaturated/α-hetero) is 1. The summed E-state index contributed by atoms with van der Waals surface area (Å²) in [6, 6.07) is 15.8. The summed E-state index contributed by atoms with van der Waals surface area (Å²) in [6.45, 7) is 2.06. The van der Waals surface area contributed by atoms with E-state index in [1.807, 2.05) is 24.3 Å². The van der Waals surface area contributed by atoms with Crippen molar-refractivity contribution >= 4 is 17.5 Å². The average molecular weight is 298 g/mol. The maximum absolute atomic E-state index is 12.3. The third-order valence-electron chi connectivity index (χ3n) is 3.37. The SMILES string of the molecule is Cc1ccc(SCC(=O)c2cccc(OC3CC3)c2)cc1. The molecule has 2 aromatic carbocycles. The number of hydrogen-bond donors (Lipinski definition) is 0. The molecular formula is C18H18O2S. The van der Waals surface area contributed by atoms with Crippen molar-refractivity contribution in [1.82, 2.24) is 0 Å². The van der Waals surface area contributed by atoms with Gasteiger partial charge in [-0.3, -0.25) is 4.79 Å². The van der Waals surface area contributed by atoms with Gasteiger partial charge in [0.05, 0.1) is 11.9 Å². The van der Waals surface area contributed by atoms with E-state index in [-0.39, 0.29) is 5.78 Å². The minimum Gasteiger partial charge on any atom is -0.490 e. The standard InChI is InChI=1S/C18H18O2S/c1-13-5-9-17(10-6-13)21-12-18(19)14-3-2-4-16(11-14)20-15-7-8-15/h2-6,9-11,15H,7-8,12H2,1H3. The van der Waals surface area contributed by atoms with Crippen LogP contribution in [0.1, 0.15) is 28.8 Å². The van der Waals surface area contributed by atoms with Gasteiger partial charge in [0.15, 0.2) is 5.78 Å². The predicted octanol–water partition coefficient (Wildman–Crippen LogP) is 4.51. The Balaban J connectivity index is 1.60. The van der Waals surface area contributed by atoms with E-state index in [0.29, 0.717) is 11.9 Å². The Labute approximate surface area is 129 Å². The molecule has 0 atom stereocenters. The topological polar surface area (TPSA) is 26.3 Å². The van der Waals surface area contributed by atoms with E-state index < -0.39 is 0 Å². The third-order valence-corrected chi connectivity index (χ3v) is 4.39. The summed E-state index contributed by atoms with van der Waals surface area (Å²) in [4.78, 5) is 13.4. The maximum Gasteiger partial charge on any atom is 0.173 e. The third kappa shape index (κ3) is 4.11. The summed E-state index contributed by atoms with van der Waals surface area (Å²) in [6.07, 6.45) is 2.61. The number of hydrogen-bond acceptors (Lipinski definition) is 3. The molecule has 0 spiro atoms. The zero-order valence-corrected chi connectivity index (χ0v) is 12.9. The molecule has 3 rings (SSSR count). The highest BCUT2D eigenvalue weighted by molar-refractivity contribution is 8.00. The molecule has 2 nitrogen and oxygen atoms in total. The molecule has 0 radical (unpaired) electrons. The van der Waals surface area contributed by atoms with Gasteiger partial charge in [0, 0.05) is 10.5 Å². The molecule has 21 heavy (non-hydrogen) atoms. The molecule has 0 aromatic heterocycles. The second-order valence-corrected chi connectivity index (χ2v) is 6.42. The molecule has 1 saturated carbocycles. The second kappa shape index (κ2) is 6.35. The van der Waals surface area contributed by atoms with Gasteiger partial charge >= 0.3 is 0 Å². The van der Waals surface area contributed by atoms with Gasteiger partial charge in [0.2, 0.25) is 0 Å². The lowest BCUT2D eigenvalue weighted by molar-refractivity contribution is 0.102. The van der Waals surface area contributed by atoms with Crippen molar-refractivity contribution in [3.05, 3.63) is 59.7 Å². The number of benzene rings is 2. The zero-order valence-electron chi connectivity index (χ0n) is 12.0. The van der Waals surface area contributed by atoms with Crippen LogP contribution in [0.3, 0.4) is 0 Å². The van der Waals surface area contributed by atoms with E-state index in [9.17, 15) is 4.79 Å². The molecule has 0 amide bonds. The van der Waals surface area contributed by atoms with Crippen LogP contribution >= 0.6 is 11.8 Å². The number of aryl methyl sites for hydroxylation is 1. The van der Waals surface area contributed by atoms with E-state index in [2.05, 4.69) is 31.2 Å². The summed E-state index contributed by atoms with van der Waals surface area (Å²) in [5.74, 6) is 1.40. The molecule has 0 unspecified atom stereocenters. The van der Waals surface area contributed by atoms with Crippen molar-refractivity contribution in [1.29, 1.82) is 0 Å². The van der Waals surface area contributed by atoms with Crippen LogP contribution in [-0.2, 0) is 0 Å². The number of ether oxygens (including phenoxy) is 1. The smallest absolute Gasteiger partial charge is 0.173 e. The van der Waals surface area contributed by atoms with Crippen LogP contribution < -0.4 is 4.74 Å². The molecule has 0 heterocycles. The minimum atomic E-state index is 0.141. The fourth-order valence-corrected chi connectivity index (χ4v) is 2.78. The second-order valence-electron chi connectivity index (χ2n) is 5.37. The highest BCUT2D eigenvalue weighted by atomic mass is 32.2. The Hall–Kier alpha value is -1.74. The number of rotatable bonds is 6. The first-order chi connectivity index (χ1) is 10.2. The van der Waals surface area contributed by atoms with Crippen LogP contribution in [0.15, 0.2) is 53.4 Å². The average Bonchev–Trinajstić information content (AvgIpc) is 3.30. The summed E-state index contributed by atoms with van der Waals surface area (Å²) in [7, 11) is 0. The van der Waals surface area contributed by atoms with Crippen LogP contribution in [0.25, 0.3) is 0 Å². The van der Waals surface area contributed by atoms with E-state index >= 15 is 0 Å². The summed E-state index contributed by atoms with van der Waals surface area (Å²) in [5, 5.41) is 0. The maximum atomic E-state index is 12.3. The van der Waals surface area contributed by atoms with Crippen LogP contribution in [0.5, 0.6) is 5.75 Å². The van der Waals surface area contributed by atoms with Gasteiger partial charge in [0.25, 0.3) is 0 Å². The van der Waals surface area contributed by atoms with Crippen molar-refractivity contribution < 1.29 is 9.53 Å². The lowest BCUT2D eigenvalue weighted by Crippen LogP contribution is -2.03. The van der Waals surface area contributed by atoms with E-state index in [4.69, 9.17) is 4.74 Å². The van der Waals surface area contributed by atoms with Gasteiger partial charge in [-0.25, -0.2) is 0 Å². The van der Waals surface area contributed by atoms with E-state index in [1.165, 1.54) is 5.56 Å². The normalized spacial score (nSPS) is 14.0. The fourth-order valence-electron chi connectivity index (χ4n) is 1.99. The number of ketones is 1. The lowest BCUT2D eigenvalue weighted by Gasteiger charge is -2.06. The lowest BCUT2D eigenvalue weighted by atomic mass is 10.1. The molecule has 0 aliphatic heterocycles. The van der Waals surface area contributed by atoms with Crippen molar-refractivity contribution in [2.24, 2.45) is 0 Å². The molecular weight excluding hydrogens is 280 g/mol. The number of carbonyl (C=O) groups is 1. The molecule has 0 N–H and O–H groups in total. The molecule has 3 heteroatoms.